The standard InChI is InChI=1S/C36H51N3O7/c1-9-12-18-27(41)37(8)23(4)30(24-16-14-13-15-17-24)45-34(44)28-26-19-20-36(46-26)29(28)32(42)39(25(11-3)22-40)31(36)33(43)38(21-10-2)35(5,6)7/h9-10,13-17,23,25-26,28-31,40H,1-2,11-12,18-22H2,3-8H3/t23-,25-,26-,28+,29+,30+,31-,36+/m0/s1. The summed E-state index contributed by atoms with van der Waals surface area (Å²) in [4.78, 5) is 61.0. The van der Waals surface area contributed by atoms with Crippen molar-refractivity contribution < 1.29 is 33.8 Å². The van der Waals surface area contributed by atoms with E-state index in [0.717, 1.165) is 5.56 Å². The summed E-state index contributed by atoms with van der Waals surface area (Å²) in [6, 6.07) is 7.09. The maximum absolute atomic E-state index is 14.5. The molecule has 3 fully saturated rings. The number of aliphatic hydroxyl groups is 1. The van der Waals surface area contributed by atoms with Crippen LogP contribution in [0.25, 0.3) is 0 Å². The van der Waals surface area contributed by atoms with E-state index in [1.807, 2.05) is 65.0 Å². The van der Waals surface area contributed by atoms with Gasteiger partial charge in [-0.2, -0.15) is 0 Å². The Bertz CT molecular complexity index is 1310. The van der Waals surface area contributed by atoms with Crippen molar-refractivity contribution in [3.05, 3.63) is 61.2 Å². The highest BCUT2D eigenvalue weighted by Gasteiger charge is 2.76. The normalized spacial score (nSPS) is 27.0. The summed E-state index contributed by atoms with van der Waals surface area (Å²) in [7, 11) is 1.69. The number of hydrogen-bond donors (Lipinski definition) is 1. The van der Waals surface area contributed by atoms with Gasteiger partial charge in [0.25, 0.3) is 0 Å². The number of carbonyl (C=O) groups excluding carboxylic acids is 4. The van der Waals surface area contributed by atoms with Crippen molar-refractivity contribution in [1.29, 1.82) is 0 Å². The van der Waals surface area contributed by atoms with E-state index in [4.69, 9.17) is 9.47 Å². The van der Waals surface area contributed by atoms with Crippen molar-refractivity contribution in [3.8, 4) is 0 Å². The molecule has 0 aromatic heterocycles. The molecule has 0 unspecified atom stereocenters. The summed E-state index contributed by atoms with van der Waals surface area (Å²) >= 11 is 0. The van der Waals surface area contributed by atoms with E-state index in [0.29, 0.717) is 25.7 Å². The number of carbonyl (C=O) groups is 4. The monoisotopic (exact) mass is 637 g/mol. The average molecular weight is 638 g/mol. The Labute approximate surface area is 273 Å². The van der Waals surface area contributed by atoms with Crippen molar-refractivity contribution >= 4 is 23.7 Å². The molecule has 3 heterocycles. The van der Waals surface area contributed by atoms with Crippen molar-refractivity contribution in [2.24, 2.45) is 11.8 Å². The largest absolute Gasteiger partial charge is 0.455 e. The van der Waals surface area contributed by atoms with Gasteiger partial charge in [0.2, 0.25) is 17.7 Å². The van der Waals surface area contributed by atoms with Crippen molar-refractivity contribution in [2.75, 3.05) is 20.2 Å². The summed E-state index contributed by atoms with van der Waals surface area (Å²) in [5.41, 5.74) is -1.10. The number of fused-ring (bicyclic) bond motifs is 1. The van der Waals surface area contributed by atoms with Gasteiger partial charge in [0.1, 0.15) is 17.7 Å². The third-order valence-electron chi connectivity index (χ3n) is 10.1. The molecule has 3 saturated heterocycles. The van der Waals surface area contributed by atoms with Crippen molar-refractivity contribution in [2.45, 2.75) is 108 Å². The van der Waals surface area contributed by atoms with Gasteiger partial charge in [0.15, 0.2) is 0 Å². The first kappa shape index (κ1) is 35.4. The van der Waals surface area contributed by atoms with Crippen LogP contribution < -0.4 is 0 Å². The zero-order valence-electron chi connectivity index (χ0n) is 28.2. The molecule has 1 N–H and O–H groups in total. The zero-order valence-corrected chi connectivity index (χ0v) is 28.2. The Morgan fingerprint density at radius 1 is 1.20 bits per heavy atom. The van der Waals surface area contributed by atoms with Gasteiger partial charge in [-0.3, -0.25) is 19.2 Å². The molecule has 10 nitrogen and oxygen atoms in total. The minimum Gasteiger partial charge on any atom is -0.455 e. The molecule has 46 heavy (non-hydrogen) atoms. The van der Waals surface area contributed by atoms with E-state index >= 15 is 0 Å². The average Bonchev–Trinajstić information content (AvgIpc) is 3.68. The Balaban J connectivity index is 1.72. The SMILES string of the molecule is C=CCCC(=O)N(C)[C@@H](C)[C@@H](OC(=O)[C@@H]1[C@@H]2CC[C@]3(O2)[C@H](C(=O)N(CC=C)C(C)(C)C)N([C@@H](CC)CO)C(=O)[C@@H]13)c1ccccc1. The summed E-state index contributed by atoms with van der Waals surface area (Å²) in [6.07, 6.45) is 4.07. The number of rotatable bonds is 14. The van der Waals surface area contributed by atoms with Crippen LogP contribution in [0.3, 0.4) is 0 Å². The lowest BCUT2D eigenvalue weighted by Gasteiger charge is -2.43. The number of allylic oxidation sites excluding steroid dienone is 1. The van der Waals surface area contributed by atoms with E-state index in [-0.39, 0.29) is 37.3 Å². The number of likely N-dealkylation sites (tertiary alicyclic amines) is 1. The molecule has 1 spiro atoms. The predicted octanol–water partition coefficient (Wildman–Crippen LogP) is 4.04. The Kier molecular flexibility index (Phi) is 10.8. The first-order chi connectivity index (χ1) is 21.8. The van der Waals surface area contributed by atoms with Gasteiger partial charge in [-0.15, -0.1) is 13.2 Å². The first-order valence-corrected chi connectivity index (χ1v) is 16.4. The molecule has 10 heteroatoms. The van der Waals surface area contributed by atoms with E-state index in [2.05, 4.69) is 13.2 Å². The fraction of sp³-hybridized carbons (Fsp3) is 0.611. The van der Waals surface area contributed by atoms with E-state index < -0.39 is 59.3 Å². The maximum atomic E-state index is 14.5. The van der Waals surface area contributed by atoms with Crippen LogP contribution in [-0.4, -0.2) is 99.1 Å². The van der Waals surface area contributed by atoms with Crippen molar-refractivity contribution in [1.82, 2.24) is 14.7 Å². The lowest BCUT2D eigenvalue weighted by Crippen LogP contribution is -2.61. The molecule has 8 atom stereocenters. The highest BCUT2D eigenvalue weighted by Crippen LogP contribution is 2.59. The maximum Gasteiger partial charge on any atom is 0.313 e. The van der Waals surface area contributed by atoms with Gasteiger partial charge in [0.05, 0.1) is 36.6 Å². The van der Waals surface area contributed by atoms with Gasteiger partial charge in [-0.25, -0.2) is 0 Å². The van der Waals surface area contributed by atoms with Crippen molar-refractivity contribution in [3.63, 3.8) is 0 Å². The highest BCUT2D eigenvalue weighted by molar-refractivity contribution is 5.98. The first-order valence-electron chi connectivity index (χ1n) is 16.4. The fourth-order valence-corrected chi connectivity index (χ4v) is 7.54. The summed E-state index contributed by atoms with van der Waals surface area (Å²) in [5, 5.41) is 10.4. The second kappa shape index (κ2) is 14.1. The summed E-state index contributed by atoms with van der Waals surface area (Å²) < 4.78 is 12.9. The van der Waals surface area contributed by atoms with Gasteiger partial charge in [0, 0.05) is 25.6 Å². The Hall–Kier alpha value is -3.50. The molecule has 252 valence electrons. The molecule has 4 rings (SSSR count). The van der Waals surface area contributed by atoms with Gasteiger partial charge in [-0.1, -0.05) is 49.4 Å². The predicted molar refractivity (Wildman–Crippen MR) is 174 cm³/mol. The molecule has 0 saturated carbocycles. The highest BCUT2D eigenvalue weighted by atomic mass is 16.6. The van der Waals surface area contributed by atoms with Crippen LogP contribution in [0.15, 0.2) is 55.6 Å². The third-order valence-corrected chi connectivity index (χ3v) is 10.1. The van der Waals surface area contributed by atoms with Gasteiger partial charge in [-0.05, 0) is 58.9 Å². The second-order valence-corrected chi connectivity index (χ2v) is 13.8. The molecule has 3 aliphatic heterocycles. The van der Waals surface area contributed by atoms with Crippen LogP contribution in [0, 0.1) is 11.8 Å². The molecular formula is C36H51N3O7. The van der Waals surface area contributed by atoms with Crippen LogP contribution in [-0.2, 0) is 28.7 Å². The van der Waals surface area contributed by atoms with Gasteiger partial charge < -0.3 is 29.3 Å². The molecule has 1 aromatic rings. The van der Waals surface area contributed by atoms with Crippen LogP contribution in [0.1, 0.15) is 78.4 Å². The molecule has 2 bridgehead atoms. The number of aliphatic hydroxyl groups excluding tert-OH is 1. The molecular weight excluding hydrogens is 586 g/mol. The number of ether oxygens (including phenoxy) is 2. The third kappa shape index (κ3) is 6.26. The zero-order chi connectivity index (χ0) is 34.0. The van der Waals surface area contributed by atoms with Crippen LogP contribution in [0.4, 0.5) is 0 Å². The van der Waals surface area contributed by atoms with Crippen LogP contribution >= 0.6 is 0 Å². The number of likely N-dealkylation sites (N-methyl/N-ethyl adjacent to an activating group) is 1. The topological polar surface area (TPSA) is 117 Å². The van der Waals surface area contributed by atoms with Gasteiger partial charge >= 0.3 is 5.97 Å². The number of hydrogen-bond acceptors (Lipinski definition) is 7. The summed E-state index contributed by atoms with van der Waals surface area (Å²) in [5.74, 6) is -3.26. The number of esters is 1. The quantitative estimate of drug-likeness (QED) is 0.242. The number of amides is 3. The molecule has 1 aromatic carbocycles. The van der Waals surface area contributed by atoms with Crippen LogP contribution in [0.2, 0.25) is 0 Å². The number of nitrogens with zero attached hydrogens (tertiary/aromatic N) is 3. The fourth-order valence-electron chi connectivity index (χ4n) is 7.54. The van der Waals surface area contributed by atoms with E-state index in [1.54, 1.807) is 29.0 Å². The lowest BCUT2D eigenvalue weighted by molar-refractivity contribution is -0.165. The molecule has 0 aliphatic carbocycles. The van der Waals surface area contributed by atoms with Crippen LogP contribution in [0.5, 0.6) is 0 Å². The Morgan fingerprint density at radius 2 is 1.87 bits per heavy atom. The number of benzene rings is 1. The second-order valence-electron chi connectivity index (χ2n) is 13.8. The summed E-state index contributed by atoms with van der Waals surface area (Å²) in [6.45, 7) is 16.9. The minimum absolute atomic E-state index is 0.105. The molecule has 3 amide bonds. The lowest BCUT2D eigenvalue weighted by atomic mass is 9.70. The minimum atomic E-state index is -1.24. The molecule has 3 aliphatic rings. The van der Waals surface area contributed by atoms with E-state index in [9.17, 15) is 24.3 Å². The molecule has 0 radical (unpaired) electrons. The Morgan fingerprint density at radius 3 is 2.43 bits per heavy atom. The van der Waals surface area contributed by atoms with E-state index in [1.165, 1.54) is 4.90 Å². The smallest absolute Gasteiger partial charge is 0.313 e.